The maximum absolute atomic E-state index is 11.9. The van der Waals surface area contributed by atoms with Crippen molar-refractivity contribution in [3.63, 3.8) is 0 Å². The number of carbonyl (C=O) groups excluding carboxylic acids is 1. The fourth-order valence-corrected chi connectivity index (χ4v) is 2.77. The van der Waals surface area contributed by atoms with E-state index in [9.17, 15) is 4.79 Å². The van der Waals surface area contributed by atoms with Crippen LogP contribution in [-0.2, 0) is 39.3 Å². The van der Waals surface area contributed by atoms with E-state index in [1.807, 2.05) is 44.2 Å². The van der Waals surface area contributed by atoms with Crippen LogP contribution in [0.3, 0.4) is 0 Å². The minimum absolute atomic E-state index is 0. The van der Waals surface area contributed by atoms with E-state index in [-0.39, 0.29) is 38.7 Å². The summed E-state index contributed by atoms with van der Waals surface area (Å²) in [5.41, 5.74) is 3.64. The Labute approximate surface area is 174 Å². The molecule has 0 aromatic heterocycles. The fraction of sp³-hybridized carbons (Fsp3) is 0.235. The first-order chi connectivity index (χ1) is 11.0. The maximum Gasteiger partial charge on any atom is 0.488 e. The van der Waals surface area contributed by atoms with E-state index < -0.39 is 0 Å². The summed E-state index contributed by atoms with van der Waals surface area (Å²) in [5, 5.41) is 5.47. The maximum atomic E-state index is 11.9. The number of anilines is 1. The van der Waals surface area contributed by atoms with Gasteiger partial charge in [0.05, 0.1) is 7.05 Å². The van der Waals surface area contributed by atoms with Crippen LogP contribution in [0.5, 0.6) is 5.75 Å². The molecule has 0 aliphatic carbocycles. The number of halogens is 1. The summed E-state index contributed by atoms with van der Waals surface area (Å²) >= 11 is 3.53. The van der Waals surface area contributed by atoms with Gasteiger partial charge >= 0.3 is 6.03 Å². The van der Waals surface area contributed by atoms with Crippen molar-refractivity contribution >= 4 is 27.6 Å². The monoisotopic (exact) mass is 462 g/mol. The van der Waals surface area contributed by atoms with Crippen LogP contribution in [0.15, 0.2) is 40.0 Å². The van der Waals surface area contributed by atoms with Gasteiger partial charge in [-0.15, -0.1) is 16.3 Å². The second kappa shape index (κ2) is 7.85. The van der Waals surface area contributed by atoms with Crippen molar-refractivity contribution in [3.05, 3.63) is 57.6 Å². The van der Waals surface area contributed by atoms with E-state index in [0.717, 1.165) is 32.6 Å². The van der Waals surface area contributed by atoms with Gasteiger partial charge in [0.15, 0.2) is 0 Å². The molecule has 24 heavy (non-hydrogen) atoms. The molecule has 0 saturated heterocycles. The Hall–Kier alpha value is -1.11. The molecule has 1 aliphatic rings. The number of carbonyl (C=O) groups is 1. The van der Waals surface area contributed by atoms with Gasteiger partial charge in [0.2, 0.25) is 0 Å². The van der Waals surface area contributed by atoms with Gasteiger partial charge in [-0.05, 0) is 12.1 Å². The SMILES string of the molecule is Cc1[c-]cc(C)c(OCc2c(Br)cccc2N2N=[N+](C)C2=O)c1.[Y]. The van der Waals surface area contributed by atoms with Crippen LogP contribution in [0.25, 0.3) is 0 Å². The Kier molecular flexibility index (Phi) is 6.29. The summed E-state index contributed by atoms with van der Waals surface area (Å²) in [6.07, 6.45) is 0. The van der Waals surface area contributed by atoms with Gasteiger partial charge in [-0.25, -0.2) is 4.79 Å². The molecule has 1 radical (unpaired) electrons. The fourth-order valence-electron chi connectivity index (χ4n) is 2.30. The van der Waals surface area contributed by atoms with Crippen molar-refractivity contribution < 1.29 is 46.9 Å². The molecule has 5 nitrogen and oxygen atoms in total. The Bertz CT molecular complexity index is 823. The molecule has 0 fully saturated rings. The van der Waals surface area contributed by atoms with E-state index in [4.69, 9.17) is 4.74 Å². The van der Waals surface area contributed by atoms with Crippen molar-refractivity contribution in [1.82, 2.24) is 0 Å². The molecule has 2 aromatic carbocycles. The van der Waals surface area contributed by atoms with Gasteiger partial charge in [0.25, 0.3) is 0 Å². The van der Waals surface area contributed by atoms with E-state index >= 15 is 0 Å². The number of amides is 2. The van der Waals surface area contributed by atoms with Gasteiger partial charge in [-0.2, -0.15) is 17.7 Å². The van der Waals surface area contributed by atoms with E-state index in [2.05, 4.69) is 27.2 Å². The largest absolute Gasteiger partial charge is 0.514 e. The molecule has 0 N–H and O–H groups in total. The van der Waals surface area contributed by atoms with E-state index in [1.54, 1.807) is 7.05 Å². The molecule has 7 heteroatoms. The first-order valence-electron chi connectivity index (χ1n) is 7.16. The van der Waals surface area contributed by atoms with Crippen molar-refractivity contribution in [3.8, 4) is 5.75 Å². The number of hydrogen-bond acceptors (Lipinski definition) is 3. The van der Waals surface area contributed by atoms with Crippen LogP contribution in [0.2, 0.25) is 0 Å². The first kappa shape index (κ1) is 19.2. The smallest absolute Gasteiger partial charge is 0.488 e. The number of nitrogens with zero attached hydrogens (tertiary/aromatic N) is 3. The first-order valence-corrected chi connectivity index (χ1v) is 7.95. The summed E-state index contributed by atoms with van der Waals surface area (Å²) in [6, 6.07) is 12.5. The number of aryl methyl sites for hydroxylation is 2. The quantitative estimate of drug-likeness (QED) is 0.499. The van der Waals surface area contributed by atoms with Gasteiger partial charge in [-0.1, -0.05) is 40.9 Å². The standard InChI is InChI=1S/C17H16BrN3O2.Y/c1-11-7-8-12(2)16(9-11)23-10-13-14(18)5-4-6-15(13)21-17(22)20(3)19-21;/h4-6,8-9H,10H2,1-3H3;. The average Bonchev–Trinajstić information content (AvgIpc) is 2.54. The molecule has 0 spiro atoms. The number of urea groups is 1. The van der Waals surface area contributed by atoms with Crippen LogP contribution in [0.4, 0.5) is 10.5 Å². The van der Waals surface area contributed by atoms with Crippen molar-refractivity contribution in [2.45, 2.75) is 20.5 Å². The van der Waals surface area contributed by atoms with E-state index in [0.29, 0.717) is 6.61 Å². The normalized spacial score (nSPS) is 13.1. The molecular formula is C17H16BrN3O2Y. The Morgan fingerprint density at radius 1 is 1.38 bits per heavy atom. The second-order valence-electron chi connectivity index (χ2n) is 5.40. The molecule has 0 saturated carbocycles. The average molecular weight is 463 g/mol. The Balaban J connectivity index is 0.00000208. The number of ether oxygens (including phenoxy) is 1. The molecule has 2 amide bonds. The summed E-state index contributed by atoms with van der Waals surface area (Å²) < 4.78 is 8.14. The molecule has 1 heterocycles. The van der Waals surface area contributed by atoms with Gasteiger partial charge in [0, 0.05) is 53.7 Å². The van der Waals surface area contributed by atoms with Crippen molar-refractivity contribution in [2.75, 3.05) is 12.1 Å². The van der Waals surface area contributed by atoms with Gasteiger partial charge in [0.1, 0.15) is 12.3 Å². The van der Waals surface area contributed by atoms with Gasteiger partial charge in [-0.3, -0.25) is 0 Å². The summed E-state index contributed by atoms with van der Waals surface area (Å²) in [6.45, 7) is 4.29. The third kappa shape index (κ3) is 3.76. The van der Waals surface area contributed by atoms with Crippen molar-refractivity contribution in [1.29, 1.82) is 0 Å². The van der Waals surface area contributed by atoms with Crippen LogP contribution in [0.1, 0.15) is 16.7 Å². The van der Waals surface area contributed by atoms with Gasteiger partial charge < -0.3 is 4.74 Å². The molecular weight excluding hydrogens is 447 g/mol. The zero-order valence-electron chi connectivity index (χ0n) is 13.7. The predicted molar refractivity (Wildman–Crippen MR) is 89.7 cm³/mol. The predicted octanol–water partition coefficient (Wildman–Crippen LogP) is 4.39. The Morgan fingerprint density at radius 2 is 2.12 bits per heavy atom. The van der Waals surface area contributed by atoms with Crippen LogP contribution in [0, 0.1) is 19.9 Å². The number of rotatable bonds is 4. The molecule has 2 aromatic rings. The van der Waals surface area contributed by atoms with Crippen LogP contribution in [-0.4, -0.2) is 17.8 Å². The molecule has 0 unspecified atom stereocenters. The zero-order valence-corrected chi connectivity index (χ0v) is 18.1. The number of hydrogen-bond donors (Lipinski definition) is 0. The third-order valence-electron chi connectivity index (χ3n) is 3.63. The second-order valence-corrected chi connectivity index (χ2v) is 6.25. The summed E-state index contributed by atoms with van der Waals surface area (Å²) in [5.74, 6) is 0.812. The molecule has 0 bridgehead atoms. The zero-order chi connectivity index (χ0) is 16.6. The van der Waals surface area contributed by atoms with Crippen LogP contribution < -0.4 is 9.75 Å². The molecule has 1 aliphatic heterocycles. The molecule has 3 rings (SSSR count). The molecule has 121 valence electrons. The topological polar surface area (TPSA) is 44.9 Å². The Morgan fingerprint density at radius 3 is 2.79 bits per heavy atom. The minimum atomic E-state index is -0.161. The number of benzene rings is 2. The summed E-state index contributed by atoms with van der Waals surface area (Å²) in [4.78, 5) is 11.9. The van der Waals surface area contributed by atoms with E-state index in [1.165, 1.54) is 9.71 Å². The third-order valence-corrected chi connectivity index (χ3v) is 4.37. The minimum Gasteiger partial charge on any atom is -0.514 e. The summed E-state index contributed by atoms with van der Waals surface area (Å²) in [7, 11) is 1.62. The van der Waals surface area contributed by atoms with Crippen LogP contribution >= 0.6 is 15.9 Å². The molecule has 0 atom stereocenters. The van der Waals surface area contributed by atoms with Crippen molar-refractivity contribution in [2.24, 2.45) is 5.22 Å².